The molecular formula is C17H20N2O3. The number of rotatable bonds is 9. The van der Waals surface area contributed by atoms with Crippen LogP contribution in [0.2, 0.25) is 0 Å². The van der Waals surface area contributed by atoms with E-state index in [4.69, 9.17) is 0 Å². The van der Waals surface area contributed by atoms with Crippen molar-refractivity contribution >= 4 is 17.6 Å². The van der Waals surface area contributed by atoms with Crippen LogP contribution in [0, 0.1) is 0 Å². The number of benzene rings is 1. The van der Waals surface area contributed by atoms with Gasteiger partial charge in [-0.15, -0.1) is 19.7 Å². The molecule has 0 radical (unpaired) electrons. The highest BCUT2D eigenvalue weighted by Gasteiger charge is 2.22. The molecule has 0 saturated carbocycles. The largest absolute Gasteiger partial charge is 0.478 e. The lowest BCUT2D eigenvalue weighted by Crippen LogP contribution is -2.29. The van der Waals surface area contributed by atoms with E-state index in [1.165, 1.54) is 12.1 Å². The van der Waals surface area contributed by atoms with Crippen molar-refractivity contribution in [2.45, 2.75) is 0 Å². The van der Waals surface area contributed by atoms with Crippen LogP contribution in [0.3, 0.4) is 0 Å². The van der Waals surface area contributed by atoms with Crippen molar-refractivity contribution < 1.29 is 14.7 Å². The molecule has 0 unspecified atom stereocenters. The van der Waals surface area contributed by atoms with Crippen molar-refractivity contribution in [3.63, 3.8) is 0 Å². The zero-order valence-corrected chi connectivity index (χ0v) is 12.4. The predicted octanol–water partition coefficient (Wildman–Crippen LogP) is 2.48. The number of aromatic carboxylic acids is 1. The molecule has 0 heterocycles. The number of hydrogen-bond acceptors (Lipinski definition) is 3. The number of amides is 1. The van der Waals surface area contributed by atoms with Crippen LogP contribution in [-0.2, 0) is 0 Å². The molecule has 0 aliphatic heterocycles. The zero-order valence-electron chi connectivity index (χ0n) is 12.4. The van der Waals surface area contributed by atoms with Crippen LogP contribution in [-0.4, -0.2) is 36.6 Å². The van der Waals surface area contributed by atoms with Crippen LogP contribution in [0.1, 0.15) is 20.7 Å². The van der Waals surface area contributed by atoms with Gasteiger partial charge >= 0.3 is 5.97 Å². The third-order valence-corrected chi connectivity index (χ3v) is 2.95. The molecule has 22 heavy (non-hydrogen) atoms. The Hall–Kier alpha value is -2.82. The minimum absolute atomic E-state index is 0.0345. The van der Waals surface area contributed by atoms with E-state index in [9.17, 15) is 14.7 Å². The van der Waals surface area contributed by atoms with Gasteiger partial charge in [0.15, 0.2) is 0 Å². The fourth-order valence-corrected chi connectivity index (χ4v) is 2.06. The standard InChI is InChI=1S/C17H20N2O3/c1-4-10-18-16(20)13-8-7-9-14(15(13)17(21)22)19(11-5-2)12-6-3/h4-9H,1-3,10-12H2,(H,18,20)(H,21,22). The lowest BCUT2D eigenvalue weighted by atomic mass is 10.0. The Kier molecular flexibility index (Phi) is 6.63. The first kappa shape index (κ1) is 17.2. The Morgan fingerprint density at radius 2 is 1.77 bits per heavy atom. The topological polar surface area (TPSA) is 69.6 Å². The average molecular weight is 300 g/mol. The zero-order chi connectivity index (χ0) is 16.5. The fraction of sp³-hybridized carbons (Fsp3) is 0.176. The maximum absolute atomic E-state index is 12.1. The number of nitrogens with zero attached hydrogens (tertiary/aromatic N) is 1. The van der Waals surface area contributed by atoms with Crippen molar-refractivity contribution in [2.75, 3.05) is 24.5 Å². The van der Waals surface area contributed by atoms with E-state index >= 15 is 0 Å². The van der Waals surface area contributed by atoms with Gasteiger partial charge in [-0.25, -0.2) is 4.79 Å². The van der Waals surface area contributed by atoms with Gasteiger partial charge < -0.3 is 15.3 Å². The van der Waals surface area contributed by atoms with Crippen LogP contribution >= 0.6 is 0 Å². The van der Waals surface area contributed by atoms with Gasteiger partial charge in [-0.05, 0) is 12.1 Å². The molecule has 0 saturated heterocycles. The minimum Gasteiger partial charge on any atom is -0.478 e. The number of nitrogens with one attached hydrogen (secondary N) is 1. The first-order chi connectivity index (χ1) is 10.6. The summed E-state index contributed by atoms with van der Waals surface area (Å²) >= 11 is 0. The molecule has 1 amide bonds. The van der Waals surface area contributed by atoms with Crippen LogP contribution in [0.4, 0.5) is 5.69 Å². The van der Waals surface area contributed by atoms with Gasteiger partial charge in [0.05, 0.1) is 16.8 Å². The van der Waals surface area contributed by atoms with Gasteiger partial charge in [-0.3, -0.25) is 4.79 Å². The summed E-state index contributed by atoms with van der Waals surface area (Å²) in [7, 11) is 0. The van der Waals surface area contributed by atoms with Gasteiger partial charge in [0.25, 0.3) is 5.91 Å². The number of anilines is 1. The molecule has 1 aromatic carbocycles. The van der Waals surface area contributed by atoms with Crippen LogP contribution in [0.15, 0.2) is 56.2 Å². The van der Waals surface area contributed by atoms with Crippen molar-refractivity contribution in [1.29, 1.82) is 0 Å². The summed E-state index contributed by atoms with van der Waals surface area (Å²) in [6, 6.07) is 4.82. The molecular weight excluding hydrogens is 280 g/mol. The highest BCUT2D eigenvalue weighted by molar-refractivity contribution is 6.08. The molecule has 116 valence electrons. The predicted molar refractivity (Wildman–Crippen MR) is 88.5 cm³/mol. The van der Waals surface area contributed by atoms with Crippen molar-refractivity contribution in [3.8, 4) is 0 Å². The van der Waals surface area contributed by atoms with Crippen molar-refractivity contribution in [3.05, 3.63) is 67.3 Å². The van der Waals surface area contributed by atoms with Crippen molar-refractivity contribution in [2.24, 2.45) is 0 Å². The lowest BCUT2D eigenvalue weighted by molar-refractivity contribution is 0.0692. The van der Waals surface area contributed by atoms with Crippen molar-refractivity contribution in [1.82, 2.24) is 5.32 Å². The maximum Gasteiger partial charge on any atom is 0.338 e. The van der Waals surface area contributed by atoms with E-state index in [0.717, 1.165) is 0 Å². The number of carbonyl (C=O) groups is 2. The molecule has 1 rings (SSSR count). The SMILES string of the molecule is C=CCNC(=O)c1cccc(N(CC=C)CC=C)c1C(=O)O. The molecule has 1 aromatic rings. The second kappa shape index (κ2) is 8.46. The molecule has 0 aliphatic rings. The molecule has 0 spiro atoms. The van der Waals surface area contributed by atoms with Crippen LogP contribution in [0.25, 0.3) is 0 Å². The van der Waals surface area contributed by atoms with Gasteiger partial charge in [0.1, 0.15) is 0 Å². The Morgan fingerprint density at radius 3 is 2.27 bits per heavy atom. The van der Waals surface area contributed by atoms with E-state index in [2.05, 4.69) is 25.1 Å². The maximum atomic E-state index is 12.1. The van der Waals surface area contributed by atoms with Gasteiger partial charge in [-0.2, -0.15) is 0 Å². The second-order valence-electron chi connectivity index (χ2n) is 4.49. The molecule has 5 nitrogen and oxygen atoms in total. The lowest BCUT2D eigenvalue weighted by Gasteiger charge is -2.24. The summed E-state index contributed by atoms with van der Waals surface area (Å²) in [6.07, 6.45) is 4.86. The monoisotopic (exact) mass is 300 g/mol. The Bertz CT molecular complexity index is 584. The van der Waals surface area contributed by atoms with E-state index in [1.807, 2.05) is 0 Å². The van der Waals surface area contributed by atoms with Crippen LogP contribution in [0.5, 0.6) is 0 Å². The highest BCUT2D eigenvalue weighted by Crippen LogP contribution is 2.24. The highest BCUT2D eigenvalue weighted by atomic mass is 16.4. The fourth-order valence-electron chi connectivity index (χ4n) is 2.06. The number of carbonyl (C=O) groups excluding carboxylic acids is 1. The first-order valence-corrected chi connectivity index (χ1v) is 6.78. The van der Waals surface area contributed by atoms with E-state index in [-0.39, 0.29) is 17.7 Å². The average Bonchev–Trinajstić information content (AvgIpc) is 2.51. The third kappa shape index (κ3) is 4.09. The van der Waals surface area contributed by atoms with E-state index in [0.29, 0.717) is 18.8 Å². The molecule has 2 N–H and O–H groups in total. The Balaban J connectivity index is 3.36. The number of carboxylic acid groups (broad SMARTS) is 1. The quantitative estimate of drug-likeness (QED) is 0.687. The number of hydrogen-bond donors (Lipinski definition) is 2. The summed E-state index contributed by atoms with van der Waals surface area (Å²) in [5.41, 5.74) is 0.538. The molecule has 0 fully saturated rings. The third-order valence-electron chi connectivity index (χ3n) is 2.95. The molecule has 0 atom stereocenters. The summed E-state index contributed by atoms with van der Waals surface area (Å²) in [5, 5.41) is 12.1. The van der Waals surface area contributed by atoms with E-state index < -0.39 is 11.9 Å². The molecule has 5 heteroatoms. The second-order valence-corrected chi connectivity index (χ2v) is 4.49. The molecule has 0 aliphatic carbocycles. The summed E-state index contributed by atoms with van der Waals surface area (Å²) in [6.45, 7) is 12.0. The molecule has 0 bridgehead atoms. The smallest absolute Gasteiger partial charge is 0.338 e. The van der Waals surface area contributed by atoms with E-state index in [1.54, 1.807) is 29.2 Å². The summed E-state index contributed by atoms with van der Waals surface area (Å²) in [4.78, 5) is 25.6. The van der Waals surface area contributed by atoms with Gasteiger partial charge in [0, 0.05) is 19.6 Å². The van der Waals surface area contributed by atoms with Crippen LogP contribution < -0.4 is 10.2 Å². The normalized spacial score (nSPS) is 9.64. The Morgan fingerprint density at radius 1 is 1.14 bits per heavy atom. The minimum atomic E-state index is -1.16. The van der Waals surface area contributed by atoms with Gasteiger partial charge in [-0.1, -0.05) is 24.3 Å². The summed E-state index contributed by atoms with van der Waals surface area (Å²) in [5.74, 6) is -1.60. The summed E-state index contributed by atoms with van der Waals surface area (Å²) < 4.78 is 0. The van der Waals surface area contributed by atoms with Gasteiger partial charge in [0.2, 0.25) is 0 Å². The Labute approximate surface area is 130 Å². The molecule has 0 aromatic heterocycles. The first-order valence-electron chi connectivity index (χ1n) is 6.78. The number of carboxylic acids is 1.